The van der Waals surface area contributed by atoms with E-state index in [-0.39, 0.29) is 41.9 Å². The van der Waals surface area contributed by atoms with Gasteiger partial charge in [0.25, 0.3) is 0 Å². The van der Waals surface area contributed by atoms with Crippen molar-refractivity contribution in [1.29, 1.82) is 0 Å². The number of alkyl halides is 3. The minimum atomic E-state index is -5.24. The third kappa shape index (κ3) is 6.21. The number of hydrogen-bond donors (Lipinski definition) is 5. The maximum Gasteiger partial charge on any atom is 0.490 e. The second kappa shape index (κ2) is 12.8. The first-order valence-electron chi connectivity index (χ1n) is 14.5. The third-order valence-electron chi connectivity index (χ3n) is 8.09. The number of β-amino-alcohol motifs (C(OH)–C–C–N with tert-alkyl or cyclic N) is 1. The summed E-state index contributed by atoms with van der Waals surface area (Å²) in [5.41, 5.74) is 2.41. The molecule has 13 nitrogen and oxygen atoms in total. The molecule has 4 aromatic rings. The molecule has 0 bridgehead atoms. The lowest BCUT2D eigenvalue weighted by molar-refractivity contribution is -0.207. The molecule has 6 unspecified atom stereocenters. The van der Waals surface area contributed by atoms with E-state index < -0.39 is 55.5 Å². The van der Waals surface area contributed by atoms with E-state index in [4.69, 9.17) is 4.74 Å². The molecule has 0 spiro atoms. The molecule has 244 valence electrons. The molecule has 46 heavy (non-hydrogen) atoms. The second-order valence-corrected chi connectivity index (χ2v) is 11.1. The molecule has 0 radical (unpaired) electrons. The molecule has 2 aliphatic heterocycles. The quantitative estimate of drug-likeness (QED) is 0.166. The van der Waals surface area contributed by atoms with Crippen molar-refractivity contribution in [2.75, 3.05) is 36.5 Å². The zero-order chi connectivity index (χ0) is 32.6. The molecule has 2 aliphatic rings. The molecule has 6 rings (SSSR count). The summed E-state index contributed by atoms with van der Waals surface area (Å²) in [5.74, 6) is -2.37. The summed E-state index contributed by atoms with van der Waals surface area (Å²) in [5, 5.41) is 44.5. The van der Waals surface area contributed by atoms with E-state index in [9.17, 15) is 38.4 Å². The van der Waals surface area contributed by atoms with E-state index in [1.54, 1.807) is 0 Å². The predicted molar refractivity (Wildman–Crippen MR) is 156 cm³/mol. The lowest BCUT2D eigenvalue weighted by Gasteiger charge is -2.22. The Labute approximate surface area is 259 Å². The number of esters is 1. The van der Waals surface area contributed by atoms with Crippen LogP contribution in [0.3, 0.4) is 0 Å². The molecule has 0 amide bonds. The van der Waals surface area contributed by atoms with Crippen molar-refractivity contribution in [2.24, 2.45) is 0 Å². The molecule has 2 fully saturated rings. The van der Waals surface area contributed by atoms with Crippen LogP contribution in [-0.4, -0.2) is 109 Å². The highest BCUT2D eigenvalue weighted by Crippen LogP contribution is 2.34. The van der Waals surface area contributed by atoms with Gasteiger partial charge in [0.2, 0.25) is 5.95 Å². The zero-order valence-corrected chi connectivity index (χ0v) is 24.1. The number of hydrogen-bond acceptors (Lipinski definition) is 12. The molecule has 4 heterocycles. The highest BCUT2D eigenvalue weighted by molar-refractivity contribution is 5.84. The van der Waals surface area contributed by atoms with Crippen LogP contribution in [0.1, 0.15) is 23.3 Å². The Kier molecular flexibility index (Phi) is 8.80. The van der Waals surface area contributed by atoms with Gasteiger partial charge in [0, 0.05) is 12.5 Å². The van der Waals surface area contributed by atoms with Crippen LogP contribution in [0.4, 0.5) is 24.9 Å². The Bertz CT molecular complexity index is 1620. The Morgan fingerprint density at radius 3 is 2.24 bits per heavy atom. The van der Waals surface area contributed by atoms with Gasteiger partial charge in [0.05, 0.1) is 26.0 Å². The summed E-state index contributed by atoms with van der Waals surface area (Å²) < 4.78 is 50.2. The van der Waals surface area contributed by atoms with Crippen molar-refractivity contribution in [2.45, 2.75) is 48.8 Å². The van der Waals surface area contributed by atoms with Gasteiger partial charge >= 0.3 is 12.1 Å². The van der Waals surface area contributed by atoms with Crippen molar-refractivity contribution in [3.05, 3.63) is 78.1 Å². The van der Waals surface area contributed by atoms with E-state index in [0.717, 1.165) is 11.1 Å². The fourth-order valence-corrected chi connectivity index (χ4v) is 5.70. The standard InChI is InChI=1S/C30H31F3N6O7/c31-30(32,33)28(44)46-20-13-38(12-19(20)41)29-36-25(34-11-18(16-7-3-1-4-8-16)17-9-5-2-6-10-17)22-26(37-29)39(15-35-22)27-24(43)23(42)21(14-40)45-27/h1-10,15,18-21,23-24,27,40-43H,11-14H2,(H,34,36,37). The molecule has 0 aliphatic carbocycles. The van der Waals surface area contributed by atoms with Gasteiger partial charge in [-0.3, -0.25) is 4.57 Å². The van der Waals surface area contributed by atoms with Gasteiger partial charge in [-0.05, 0) is 11.1 Å². The number of aliphatic hydroxyl groups is 4. The SMILES string of the molecule is O=C(OC1CN(c2nc(NCC(c3ccccc3)c3ccccc3)c3ncn(C4OC(CO)C(O)C4O)c3n2)CC1O)C(F)(F)F. The summed E-state index contributed by atoms with van der Waals surface area (Å²) in [6.45, 7) is -0.820. The Morgan fingerprint density at radius 1 is 1.00 bits per heavy atom. The van der Waals surface area contributed by atoms with Crippen molar-refractivity contribution in [3.8, 4) is 0 Å². The van der Waals surface area contributed by atoms with E-state index >= 15 is 0 Å². The first-order chi connectivity index (χ1) is 22.0. The number of ether oxygens (including phenoxy) is 2. The van der Waals surface area contributed by atoms with Crippen LogP contribution in [0.15, 0.2) is 67.0 Å². The molecule has 2 saturated heterocycles. The highest BCUT2D eigenvalue weighted by Gasteiger charge is 2.46. The number of anilines is 2. The summed E-state index contributed by atoms with van der Waals surface area (Å²) in [6.07, 6.45) is -12.0. The Morgan fingerprint density at radius 2 is 1.65 bits per heavy atom. The summed E-state index contributed by atoms with van der Waals surface area (Å²) >= 11 is 0. The molecule has 6 atom stereocenters. The van der Waals surface area contributed by atoms with E-state index in [2.05, 4.69) is 25.0 Å². The lowest BCUT2D eigenvalue weighted by atomic mass is 9.91. The van der Waals surface area contributed by atoms with Gasteiger partial charge in [0.1, 0.15) is 30.5 Å². The molecule has 0 saturated carbocycles. The molecule has 5 N–H and O–H groups in total. The van der Waals surface area contributed by atoms with Gasteiger partial charge < -0.3 is 40.1 Å². The molecule has 2 aromatic carbocycles. The Balaban J connectivity index is 1.36. The maximum atomic E-state index is 12.9. The first kappa shape index (κ1) is 31.6. The highest BCUT2D eigenvalue weighted by atomic mass is 19.4. The average molecular weight is 645 g/mol. The number of halogens is 3. The Hall–Kier alpha value is -4.35. The van der Waals surface area contributed by atoms with E-state index in [1.807, 2.05) is 60.7 Å². The zero-order valence-electron chi connectivity index (χ0n) is 24.1. The van der Waals surface area contributed by atoms with Gasteiger partial charge in [-0.15, -0.1) is 0 Å². The number of benzene rings is 2. The third-order valence-corrected chi connectivity index (χ3v) is 8.09. The number of carbonyl (C=O) groups excluding carboxylic acids is 1. The molecule has 16 heteroatoms. The smallest absolute Gasteiger partial charge is 0.451 e. The average Bonchev–Trinajstić information content (AvgIpc) is 3.72. The van der Waals surface area contributed by atoms with E-state index in [0.29, 0.717) is 6.54 Å². The van der Waals surface area contributed by atoms with Crippen molar-refractivity contribution >= 4 is 28.9 Å². The lowest BCUT2D eigenvalue weighted by Crippen LogP contribution is -2.36. The molecular formula is C30H31F3N6O7. The van der Waals surface area contributed by atoms with Crippen LogP contribution in [0.25, 0.3) is 11.2 Å². The fraction of sp³-hybridized carbons (Fsp3) is 0.400. The van der Waals surface area contributed by atoms with Gasteiger partial charge in [0.15, 0.2) is 23.2 Å². The maximum absolute atomic E-state index is 12.9. The first-order valence-corrected chi connectivity index (χ1v) is 14.5. The van der Waals surface area contributed by atoms with Gasteiger partial charge in [-0.25, -0.2) is 9.78 Å². The van der Waals surface area contributed by atoms with Crippen molar-refractivity contribution in [3.63, 3.8) is 0 Å². The number of carbonyl (C=O) groups is 1. The monoisotopic (exact) mass is 644 g/mol. The number of aromatic nitrogens is 4. The van der Waals surface area contributed by atoms with E-state index in [1.165, 1.54) is 15.8 Å². The van der Waals surface area contributed by atoms with Crippen LogP contribution >= 0.6 is 0 Å². The van der Waals surface area contributed by atoms with Crippen LogP contribution in [-0.2, 0) is 14.3 Å². The van der Waals surface area contributed by atoms with Crippen molar-refractivity contribution < 1.29 is 47.9 Å². The van der Waals surface area contributed by atoms with Crippen LogP contribution in [0.5, 0.6) is 0 Å². The molecular weight excluding hydrogens is 613 g/mol. The van der Waals surface area contributed by atoms with Gasteiger partial charge in [-0.1, -0.05) is 60.7 Å². The van der Waals surface area contributed by atoms with Crippen LogP contribution in [0, 0.1) is 0 Å². The second-order valence-electron chi connectivity index (χ2n) is 11.1. The minimum absolute atomic E-state index is 0.0379. The van der Waals surface area contributed by atoms with Gasteiger partial charge in [-0.2, -0.15) is 23.1 Å². The number of nitrogens with zero attached hydrogens (tertiary/aromatic N) is 5. The topological polar surface area (TPSA) is 175 Å². The number of fused-ring (bicyclic) bond motifs is 1. The largest absolute Gasteiger partial charge is 0.490 e. The normalized spacial score (nSPS) is 25.0. The number of aliphatic hydroxyl groups excluding tert-OH is 4. The number of imidazole rings is 1. The van der Waals surface area contributed by atoms with Crippen LogP contribution in [0.2, 0.25) is 0 Å². The van der Waals surface area contributed by atoms with Crippen molar-refractivity contribution in [1.82, 2.24) is 19.5 Å². The fourth-order valence-electron chi connectivity index (χ4n) is 5.70. The summed E-state index contributed by atoms with van der Waals surface area (Å²) in [7, 11) is 0. The summed E-state index contributed by atoms with van der Waals surface area (Å²) in [4.78, 5) is 26.4. The predicted octanol–water partition coefficient (Wildman–Crippen LogP) is 1.34. The minimum Gasteiger partial charge on any atom is -0.451 e. The number of nitrogens with one attached hydrogen (secondary N) is 1. The van der Waals surface area contributed by atoms with Crippen LogP contribution < -0.4 is 10.2 Å². The summed E-state index contributed by atoms with van der Waals surface area (Å²) in [6, 6.07) is 19.5. The number of rotatable bonds is 9. The molecule has 2 aromatic heterocycles.